The van der Waals surface area contributed by atoms with Gasteiger partial charge in [0, 0.05) is 12.1 Å². The summed E-state index contributed by atoms with van der Waals surface area (Å²) in [6.45, 7) is 2.72. The molecule has 25 heavy (non-hydrogen) atoms. The number of benzene rings is 2. The predicted molar refractivity (Wildman–Crippen MR) is 92.9 cm³/mol. The summed E-state index contributed by atoms with van der Waals surface area (Å²) in [5.74, 6) is 2.51. The summed E-state index contributed by atoms with van der Waals surface area (Å²) in [6, 6.07) is 9.05. The van der Waals surface area contributed by atoms with Crippen LogP contribution in [0.25, 0.3) is 0 Å². The average Bonchev–Trinajstić information content (AvgIpc) is 3.10. The SMILES string of the molecule is COc1cc(C)c(CCNC(=O)c2ccc3c(c2)OCO3)cc1OC. The molecule has 1 N–H and O–H groups in total. The summed E-state index contributed by atoms with van der Waals surface area (Å²) in [6.07, 6.45) is 0.697. The maximum atomic E-state index is 12.3. The molecular formula is C19H21NO5. The van der Waals surface area contributed by atoms with E-state index in [1.54, 1.807) is 32.4 Å². The Bertz CT molecular complexity index is 788. The van der Waals surface area contributed by atoms with Gasteiger partial charge in [0.1, 0.15) is 0 Å². The van der Waals surface area contributed by atoms with Crippen LogP contribution >= 0.6 is 0 Å². The molecule has 0 atom stereocenters. The molecule has 0 radical (unpaired) electrons. The number of ether oxygens (including phenoxy) is 4. The third kappa shape index (κ3) is 3.63. The van der Waals surface area contributed by atoms with Gasteiger partial charge in [0.25, 0.3) is 5.91 Å². The molecule has 2 aromatic rings. The minimum Gasteiger partial charge on any atom is -0.493 e. The van der Waals surface area contributed by atoms with Gasteiger partial charge in [0.05, 0.1) is 14.2 Å². The second-order valence-electron chi connectivity index (χ2n) is 5.71. The van der Waals surface area contributed by atoms with Crippen molar-refractivity contribution in [3.8, 4) is 23.0 Å². The molecule has 0 saturated heterocycles. The van der Waals surface area contributed by atoms with E-state index in [9.17, 15) is 4.79 Å². The fraction of sp³-hybridized carbons (Fsp3) is 0.316. The van der Waals surface area contributed by atoms with Gasteiger partial charge in [0.2, 0.25) is 6.79 Å². The van der Waals surface area contributed by atoms with Crippen LogP contribution < -0.4 is 24.3 Å². The molecule has 0 spiro atoms. The summed E-state index contributed by atoms with van der Waals surface area (Å²) in [7, 11) is 3.22. The van der Waals surface area contributed by atoms with Crippen LogP contribution in [0.5, 0.6) is 23.0 Å². The fourth-order valence-electron chi connectivity index (χ4n) is 2.74. The Morgan fingerprint density at radius 1 is 1.08 bits per heavy atom. The lowest BCUT2D eigenvalue weighted by Gasteiger charge is -2.13. The van der Waals surface area contributed by atoms with Gasteiger partial charge in [-0.3, -0.25) is 4.79 Å². The van der Waals surface area contributed by atoms with Crippen molar-refractivity contribution in [1.82, 2.24) is 5.32 Å². The van der Waals surface area contributed by atoms with Gasteiger partial charge in [0.15, 0.2) is 23.0 Å². The lowest BCUT2D eigenvalue weighted by molar-refractivity contribution is 0.0953. The van der Waals surface area contributed by atoms with E-state index >= 15 is 0 Å². The number of methoxy groups -OCH3 is 2. The summed E-state index contributed by atoms with van der Waals surface area (Å²) in [4.78, 5) is 12.3. The smallest absolute Gasteiger partial charge is 0.251 e. The quantitative estimate of drug-likeness (QED) is 0.874. The van der Waals surface area contributed by atoms with Crippen molar-refractivity contribution in [2.75, 3.05) is 27.6 Å². The Morgan fingerprint density at radius 3 is 2.56 bits per heavy atom. The van der Waals surface area contributed by atoms with Crippen molar-refractivity contribution in [2.45, 2.75) is 13.3 Å². The highest BCUT2D eigenvalue weighted by Gasteiger charge is 2.16. The Labute approximate surface area is 146 Å². The van der Waals surface area contributed by atoms with Crippen molar-refractivity contribution in [3.05, 3.63) is 47.0 Å². The van der Waals surface area contributed by atoms with Gasteiger partial charge in [-0.25, -0.2) is 0 Å². The molecule has 0 fully saturated rings. The normalized spacial score (nSPS) is 12.0. The Morgan fingerprint density at radius 2 is 1.80 bits per heavy atom. The number of fused-ring (bicyclic) bond motifs is 1. The summed E-state index contributed by atoms with van der Waals surface area (Å²) >= 11 is 0. The maximum absolute atomic E-state index is 12.3. The van der Waals surface area contributed by atoms with Crippen molar-refractivity contribution in [3.63, 3.8) is 0 Å². The highest BCUT2D eigenvalue weighted by Crippen LogP contribution is 2.32. The first-order valence-corrected chi connectivity index (χ1v) is 8.01. The van der Waals surface area contributed by atoms with Crippen LogP contribution in [0.2, 0.25) is 0 Å². The third-order valence-electron chi connectivity index (χ3n) is 4.16. The van der Waals surface area contributed by atoms with Crippen molar-refractivity contribution in [1.29, 1.82) is 0 Å². The Kier molecular flexibility index (Phi) is 4.97. The molecule has 6 nitrogen and oxygen atoms in total. The third-order valence-corrected chi connectivity index (χ3v) is 4.16. The number of amides is 1. The predicted octanol–water partition coefficient (Wildman–Crippen LogP) is 2.71. The standard InChI is InChI=1S/C19H21NO5/c1-12-8-16(22-2)17(23-3)9-13(12)6-7-20-19(21)14-4-5-15-18(10-14)25-11-24-15/h4-5,8-10H,6-7,11H2,1-3H3,(H,20,21). The lowest BCUT2D eigenvalue weighted by Crippen LogP contribution is -2.25. The zero-order valence-electron chi connectivity index (χ0n) is 14.5. The summed E-state index contributed by atoms with van der Waals surface area (Å²) in [5, 5.41) is 2.92. The molecule has 0 saturated carbocycles. The topological polar surface area (TPSA) is 66.0 Å². The number of rotatable bonds is 6. The monoisotopic (exact) mass is 343 g/mol. The van der Waals surface area contributed by atoms with Crippen LogP contribution in [0.4, 0.5) is 0 Å². The first-order chi connectivity index (χ1) is 12.1. The van der Waals surface area contributed by atoms with Gasteiger partial charge in [-0.2, -0.15) is 0 Å². The molecule has 0 aromatic heterocycles. The number of nitrogens with one attached hydrogen (secondary N) is 1. The molecule has 6 heteroatoms. The molecule has 0 unspecified atom stereocenters. The van der Waals surface area contributed by atoms with Crippen molar-refractivity contribution < 1.29 is 23.7 Å². The number of aryl methyl sites for hydroxylation is 1. The van der Waals surface area contributed by atoms with Gasteiger partial charge in [-0.05, 0) is 54.8 Å². The van der Waals surface area contributed by atoms with E-state index in [1.807, 2.05) is 19.1 Å². The van der Waals surface area contributed by atoms with Gasteiger partial charge in [-0.15, -0.1) is 0 Å². The number of hydrogen-bond acceptors (Lipinski definition) is 5. The van der Waals surface area contributed by atoms with Gasteiger partial charge < -0.3 is 24.3 Å². The van der Waals surface area contributed by atoms with Crippen LogP contribution in [0, 0.1) is 6.92 Å². The van der Waals surface area contributed by atoms with E-state index < -0.39 is 0 Å². The molecule has 1 heterocycles. The van der Waals surface area contributed by atoms with E-state index in [0.29, 0.717) is 41.5 Å². The Balaban J connectivity index is 1.62. The molecular weight excluding hydrogens is 322 g/mol. The molecule has 1 aliphatic rings. The van der Waals surface area contributed by atoms with E-state index in [4.69, 9.17) is 18.9 Å². The molecule has 2 aromatic carbocycles. The molecule has 1 amide bonds. The zero-order chi connectivity index (χ0) is 17.8. The fourth-order valence-corrected chi connectivity index (χ4v) is 2.74. The first kappa shape index (κ1) is 17.0. The maximum Gasteiger partial charge on any atom is 0.251 e. The second kappa shape index (κ2) is 7.34. The largest absolute Gasteiger partial charge is 0.493 e. The van der Waals surface area contributed by atoms with Gasteiger partial charge >= 0.3 is 0 Å². The second-order valence-corrected chi connectivity index (χ2v) is 5.71. The zero-order valence-corrected chi connectivity index (χ0v) is 14.5. The van der Waals surface area contributed by atoms with E-state index in [0.717, 1.165) is 11.1 Å². The van der Waals surface area contributed by atoms with Crippen molar-refractivity contribution in [2.24, 2.45) is 0 Å². The van der Waals surface area contributed by atoms with Gasteiger partial charge in [-0.1, -0.05) is 0 Å². The first-order valence-electron chi connectivity index (χ1n) is 8.01. The molecule has 0 bridgehead atoms. The minimum atomic E-state index is -0.142. The van der Waals surface area contributed by atoms with Crippen LogP contribution in [-0.4, -0.2) is 33.5 Å². The van der Waals surface area contributed by atoms with E-state index in [2.05, 4.69) is 5.32 Å². The van der Waals surface area contributed by atoms with Crippen LogP contribution in [0.1, 0.15) is 21.5 Å². The molecule has 0 aliphatic carbocycles. The van der Waals surface area contributed by atoms with E-state index in [1.165, 1.54) is 0 Å². The molecule has 132 valence electrons. The highest BCUT2D eigenvalue weighted by molar-refractivity contribution is 5.94. The van der Waals surface area contributed by atoms with Crippen molar-refractivity contribution >= 4 is 5.91 Å². The Hall–Kier alpha value is -2.89. The lowest BCUT2D eigenvalue weighted by atomic mass is 10.0. The number of hydrogen-bond donors (Lipinski definition) is 1. The highest BCUT2D eigenvalue weighted by atomic mass is 16.7. The van der Waals surface area contributed by atoms with Crippen LogP contribution in [0.3, 0.4) is 0 Å². The van der Waals surface area contributed by atoms with Crippen LogP contribution in [-0.2, 0) is 6.42 Å². The van der Waals surface area contributed by atoms with Crippen LogP contribution in [0.15, 0.2) is 30.3 Å². The van der Waals surface area contributed by atoms with E-state index in [-0.39, 0.29) is 12.7 Å². The number of carbonyl (C=O) groups is 1. The minimum absolute atomic E-state index is 0.142. The molecule has 1 aliphatic heterocycles. The summed E-state index contributed by atoms with van der Waals surface area (Å²) < 4.78 is 21.2. The number of carbonyl (C=O) groups excluding carboxylic acids is 1. The average molecular weight is 343 g/mol. The summed E-state index contributed by atoms with van der Waals surface area (Å²) in [5.41, 5.74) is 2.74. The molecule has 3 rings (SSSR count).